The maximum Gasteiger partial charge on any atom is 0.325 e. The van der Waals surface area contributed by atoms with Crippen LogP contribution in [-0.4, -0.2) is 55.2 Å². The van der Waals surface area contributed by atoms with Crippen LogP contribution in [0.4, 0.5) is 19.3 Å². The van der Waals surface area contributed by atoms with Gasteiger partial charge in [-0.3, -0.25) is 15.1 Å². The summed E-state index contributed by atoms with van der Waals surface area (Å²) in [7, 11) is 1.55. The molecule has 44 heavy (non-hydrogen) atoms. The number of methoxy groups -OCH3 is 1. The number of pyridine rings is 1. The van der Waals surface area contributed by atoms with Crippen LogP contribution >= 0.6 is 0 Å². The molecule has 2 N–H and O–H groups in total. The zero-order valence-corrected chi connectivity index (χ0v) is 24.4. The monoisotopic (exact) mass is 604 g/mol. The van der Waals surface area contributed by atoms with Gasteiger partial charge in [0.2, 0.25) is 5.91 Å². The molecule has 1 saturated heterocycles. The van der Waals surface area contributed by atoms with Crippen molar-refractivity contribution in [1.82, 2.24) is 15.2 Å². The minimum Gasteiger partial charge on any atom is -0.493 e. The molecular weight excluding hydrogens is 570 g/mol. The Balaban J connectivity index is 1.20. The van der Waals surface area contributed by atoms with Crippen molar-refractivity contribution in [2.45, 2.75) is 32.1 Å². The number of anilines is 1. The van der Waals surface area contributed by atoms with Crippen molar-refractivity contribution in [3.05, 3.63) is 84.1 Å². The highest BCUT2D eigenvalue weighted by atomic mass is 19.1. The van der Waals surface area contributed by atoms with Crippen LogP contribution in [0.3, 0.4) is 0 Å². The van der Waals surface area contributed by atoms with Crippen molar-refractivity contribution in [2.24, 2.45) is 0 Å². The number of carbonyl (C=O) groups excluding carboxylic acids is 2. The van der Waals surface area contributed by atoms with Gasteiger partial charge in [0.15, 0.2) is 23.1 Å². The van der Waals surface area contributed by atoms with Crippen LogP contribution in [0.1, 0.15) is 31.2 Å². The van der Waals surface area contributed by atoms with Gasteiger partial charge in [0, 0.05) is 35.9 Å². The summed E-state index contributed by atoms with van der Waals surface area (Å²) in [5, 5.41) is 5.19. The molecule has 3 amide bonds. The fourth-order valence-electron chi connectivity index (χ4n) is 5.04. The van der Waals surface area contributed by atoms with E-state index in [4.69, 9.17) is 14.2 Å². The number of hydrogen-bond acceptors (Lipinski definition) is 7. The Kier molecular flexibility index (Phi) is 10.2. The standard InChI is InChI=1S/C33H34F2N4O5/c1-42-30-20-25-27(21-31(30)43-17-5-16-39-14-3-2-4-15-39)36-13-12-28(25)44-29-11-10-24(19-26(29)35)37-33(41)38-32(40)18-22-6-8-23(34)9-7-22/h6-13,19-21H,2-5,14-18H2,1H3,(H2,37,38,40,41). The van der Waals surface area contributed by atoms with Gasteiger partial charge < -0.3 is 24.4 Å². The van der Waals surface area contributed by atoms with Gasteiger partial charge >= 0.3 is 6.03 Å². The summed E-state index contributed by atoms with van der Waals surface area (Å²) in [5.74, 6) is -0.396. The van der Waals surface area contributed by atoms with E-state index in [9.17, 15) is 14.0 Å². The van der Waals surface area contributed by atoms with Crippen LogP contribution < -0.4 is 24.8 Å². The van der Waals surface area contributed by atoms with Crippen molar-refractivity contribution in [2.75, 3.05) is 38.7 Å². The van der Waals surface area contributed by atoms with Crippen LogP contribution in [0, 0.1) is 11.6 Å². The largest absolute Gasteiger partial charge is 0.493 e. The molecule has 3 aromatic carbocycles. The van der Waals surface area contributed by atoms with Crippen molar-refractivity contribution >= 4 is 28.5 Å². The van der Waals surface area contributed by atoms with Gasteiger partial charge in [0.25, 0.3) is 0 Å². The smallest absolute Gasteiger partial charge is 0.325 e. The minimum absolute atomic E-state index is 0.0761. The number of benzene rings is 3. The molecule has 0 radical (unpaired) electrons. The Morgan fingerprint density at radius 2 is 1.70 bits per heavy atom. The Bertz CT molecular complexity index is 1610. The molecule has 0 atom stereocenters. The van der Waals surface area contributed by atoms with E-state index in [2.05, 4.69) is 20.5 Å². The average Bonchev–Trinajstić information content (AvgIpc) is 3.02. The van der Waals surface area contributed by atoms with Gasteiger partial charge in [-0.25, -0.2) is 13.6 Å². The summed E-state index contributed by atoms with van der Waals surface area (Å²) in [4.78, 5) is 31.3. The number of urea groups is 1. The number of amides is 3. The van der Waals surface area contributed by atoms with Crippen LogP contribution in [0.15, 0.2) is 66.9 Å². The lowest BCUT2D eigenvalue weighted by Crippen LogP contribution is -2.35. The number of nitrogens with one attached hydrogen (secondary N) is 2. The average molecular weight is 605 g/mol. The second-order valence-electron chi connectivity index (χ2n) is 10.5. The van der Waals surface area contributed by atoms with Crippen molar-refractivity contribution in [3.63, 3.8) is 0 Å². The second-order valence-corrected chi connectivity index (χ2v) is 10.5. The molecular formula is C33H34F2N4O5. The number of carbonyl (C=O) groups is 2. The highest BCUT2D eigenvalue weighted by Gasteiger charge is 2.16. The minimum atomic E-state index is -0.832. The lowest BCUT2D eigenvalue weighted by atomic mass is 10.1. The van der Waals surface area contributed by atoms with Crippen LogP contribution in [0.2, 0.25) is 0 Å². The highest BCUT2D eigenvalue weighted by Crippen LogP contribution is 2.38. The first-order valence-electron chi connectivity index (χ1n) is 14.5. The first kappa shape index (κ1) is 30.7. The maximum atomic E-state index is 15.0. The molecule has 0 saturated carbocycles. The van der Waals surface area contributed by atoms with Crippen molar-refractivity contribution < 1.29 is 32.6 Å². The van der Waals surface area contributed by atoms with Gasteiger partial charge in [0.1, 0.15) is 11.6 Å². The van der Waals surface area contributed by atoms with E-state index in [0.29, 0.717) is 40.3 Å². The van der Waals surface area contributed by atoms with Gasteiger partial charge in [-0.15, -0.1) is 0 Å². The summed E-state index contributed by atoms with van der Waals surface area (Å²) in [6.07, 6.45) is 6.15. The second kappa shape index (κ2) is 14.6. The SMILES string of the molecule is COc1cc2c(Oc3ccc(NC(=O)NC(=O)Cc4ccc(F)cc4)cc3F)ccnc2cc1OCCCN1CCCCC1. The van der Waals surface area contributed by atoms with Gasteiger partial charge in [0.05, 0.1) is 25.7 Å². The Labute approximate surface area is 254 Å². The molecule has 4 aromatic rings. The number of ether oxygens (including phenoxy) is 3. The molecule has 0 bridgehead atoms. The molecule has 0 spiro atoms. The molecule has 0 aliphatic carbocycles. The van der Waals surface area contributed by atoms with E-state index >= 15 is 4.39 Å². The van der Waals surface area contributed by atoms with E-state index < -0.39 is 23.6 Å². The van der Waals surface area contributed by atoms with E-state index in [1.165, 1.54) is 55.7 Å². The summed E-state index contributed by atoms with van der Waals surface area (Å²) < 4.78 is 45.6. The molecule has 5 rings (SSSR count). The number of fused-ring (bicyclic) bond motifs is 1. The zero-order chi connectivity index (χ0) is 30.9. The van der Waals surface area contributed by atoms with Crippen molar-refractivity contribution in [1.29, 1.82) is 0 Å². The first-order chi connectivity index (χ1) is 21.4. The van der Waals surface area contributed by atoms with Crippen LogP contribution in [0.25, 0.3) is 10.9 Å². The van der Waals surface area contributed by atoms with Crippen LogP contribution in [0.5, 0.6) is 23.0 Å². The summed E-state index contributed by atoms with van der Waals surface area (Å²) in [6, 6.07) is 13.6. The topological polar surface area (TPSA) is 102 Å². The fourth-order valence-corrected chi connectivity index (χ4v) is 5.04. The quantitative estimate of drug-likeness (QED) is 0.190. The number of piperidine rings is 1. The molecule has 1 aromatic heterocycles. The number of imide groups is 1. The Morgan fingerprint density at radius 1 is 0.909 bits per heavy atom. The number of nitrogens with zero attached hydrogens (tertiary/aromatic N) is 2. The molecule has 0 unspecified atom stereocenters. The third-order valence-corrected chi connectivity index (χ3v) is 7.25. The third kappa shape index (κ3) is 8.19. The molecule has 2 heterocycles. The highest BCUT2D eigenvalue weighted by molar-refractivity contribution is 6.01. The summed E-state index contributed by atoms with van der Waals surface area (Å²) in [5.41, 5.74) is 1.25. The van der Waals surface area contributed by atoms with E-state index in [1.807, 2.05) is 0 Å². The molecule has 230 valence electrons. The fraction of sp³-hybridized carbons (Fsp3) is 0.303. The predicted octanol–water partition coefficient (Wildman–Crippen LogP) is 6.46. The number of hydrogen-bond donors (Lipinski definition) is 2. The molecule has 9 nitrogen and oxygen atoms in total. The lowest BCUT2D eigenvalue weighted by Gasteiger charge is -2.26. The molecule has 1 fully saturated rings. The summed E-state index contributed by atoms with van der Waals surface area (Å²) in [6.45, 7) is 3.82. The van der Waals surface area contributed by atoms with Crippen molar-refractivity contribution in [3.8, 4) is 23.0 Å². The van der Waals surface area contributed by atoms with Gasteiger partial charge in [-0.2, -0.15) is 0 Å². The number of likely N-dealkylation sites (tertiary alicyclic amines) is 1. The van der Waals surface area contributed by atoms with E-state index in [1.54, 1.807) is 31.5 Å². The maximum absolute atomic E-state index is 15.0. The normalized spacial score (nSPS) is 13.3. The lowest BCUT2D eigenvalue weighted by molar-refractivity contribution is -0.119. The Hall–Kier alpha value is -4.77. The van der Waals surface area contributed by atoms with Crippen LogP contribution in [-0.2, 0) is 11.2 Å². The zero-order valence-electron chi connectivity index (χ0n) is 24.4. The van der Waals surface area contributed by atoms with Gasteiger partial charge in [-0.05, 0) is 74.3 Å². The summed E-state index contributed by atoms with van der Waals surface area (Å²) >= 11 is 0. The molecule has 11 heteroatoms. The number of halogens is 2. The van der Waals surface area contributed by atoms with Gasteiger partial charge in [-0.1, -0.05) is 18.6 Å². The van der Waals surface area contributed by atoms with E-state index in [0.717, 1.165) is 32.1 Å². The molecule has 1 aliphatic heterocycles. The van der Waals surface area contributed by atoms with E-state index in [-0.39, 0.29) is 17.9 Å². The number of rotatable bonds is 11. The Morgan fingerprint density at radius 3 is 2.45 bits per heavy atom. The first-order valence-corrected chi connectivity index (χ1v) is 14.5. The molecule has 1 aliphatic rings. The third-order valence-electron chi connectivity index (χ3n) is 7.25. The predicted molar refractivity (Wildman–Crippen MR) is 162 cm³/mol. The number of aromatic nitrogens is 1.